The first-order valence-corrected chi connectivity index (χ1v) is 8.08. The number of hydrogen-bond acceptors (Lipinski definition) is 2. The van der Waals surface area contributed by atoms with Gasteiger partial charge in [-0.25, -0.2) is 4.39 Å². The second-order valence-electron chi connectivity index (χ2n) is 3.87. The SMILES string of the molecule is O=C(CSc1ccccc1Cl)c1ccc(Br)c(Cl)c1F. The van der Waals surface area contributed by atoms with Crippen LogP contribution in [0, 0.1) is 5.82 Å². The first-order chi connectivity index (χ1) is 9.50. The van der Waals surface area contributed by atoms with Gasteiger partial charge in [0.15, 0.2) is 11.6 Å². The summed E-state index contributed by atoms with van der Waals surface area (Å²) in [6, 6.07) is 10.2. The van der Waals surface area contributed by atoms with Gasteiger partial charge in [0, 0.05) is 9.37 Å². The highest BCUT2D eigenvalue weighted by molar-refractivity contribution is 9.10. The molecular formula is C14H8BrCl2FOS. The highest BCUT2D eigenvalue weighted by Crippen LogP contribution is 2.30. The smallest absolute Gasteiger partial charge is 0.176 e. The molecule has 2 rings (SSSR count). The van der Waals surface area contributed by atoms with Crippen LogP contribution >= 0.6 is 50.9 Å². The number of Topliss-reactive ketones (excluding diaryl/α,β-unsaturated/α-hetero) is 1. The van der Waals surface area contributed by atoms with E-state index < -0.39 is 5.82 Å². The van der Waals surface area contributed by atoms with Crippen molar-refractivity contribution in [2.45, 2.75) is 4.90 Å². The average Bonchev–Trinajstić information content (AvgIpc) is 2.44. The lowest BCUT2D eigenvalue weighted by molar-refractivity contribution is 0.101. The third kappa shape index (κ3) is 3.55. The number of carbonyl (C=O) groups excluding carboxylic acids is 1. The van der Waals surface area contributed by atoms with Crippen LogP contribution in [0.2, 0.25) is 10.0 Å². The van der Waals surface area contributed by atoms with Crippen LogP contribution in [0.3, 0.4) is 0 Å². The minimum absolute atomic E-state index is 0.0160. The first-order valence-electron chi connectivity index (χ1n) is 5.54. The second kappa shape index (κ2) is 6.94. The van der Waals surface area contributed by atoms with Gasteiger partial charge in [0.25, 0.3) is 0 Å². The van der Waals surface area contributed by atoms with E-state index in [1.54, 1.807) is 12.1 Å². The molecule has 6 heteroatoms. The zero-order chi connectivity index (χ0) is 14.7. The molecule has 0 N–H and O–H groups in total. The van der Waals surface area contributed by atoms with Crippen LogP contribution in [-0.2, 0) is 0 Å². The second-order valence-corrected chi connectivity index (χ2v) is 6.52. The van der Waals surface area contributed by atoms with Crippen molar-refractivity contribution in [3.05, 3.63) is 62.3 Å². The molecule has 0 aliphatic heterocycles. The number of carbonyl (C=O) groups is 1. The molecule has 0 unspecified atom stereocenters. The van der Waals surface area contributed by atoms with Gasteiger partial charge in [-0.05, 0) is 40.2 Å². The molecule has 0 heterocycles. The van der Waals surface area contributed by atoms with Gasteiger partial charge in [-0.15, -0.1) is 11.8 Å². The molecule has 0 aliphatic carbocycles. The summed E-state index contributed by atoms with van der Waals surface area (Å²) >= 11 is 16.1. The fraction of sp³-hybridized carbons (Fsp3) is 0.0714. The topological polar surface area (TPSA) is 17.1 Å². The third-order valence-corrected chi connectivity index (χ3v) is 5.30. The van der Waals surface area contributed by atoms with E-state index in [9.17, 15) is 9.18 Å². The maximum atomic E-state index is 13.9. The number of hydrogen-bond donors (Lipinski definition) is 0. The Morgan fingerprint density at radius 2 is 1.90 bits per heavy atom. The maximum Gasteiger partial charge on any atom is 0.176 e. The summed E-state index contributed by atoms with van der Waals surface area (Å²) in [5.74, 6) is -0.939. The van der Waals surface area contributed by atoms with Crippen molar-refractivity contribution in [2.24, 2.45) is 0 Å². The molecule has 2 aromatic carbocycles. The van der Waals surface area contributed by atoms with Crippen LogP contribution in [0.15, 0.2) is 45.8 Å². The van der Waals surface area contributed by atoms with Crippen molar-refractivity contribution >= 4 is 56.7 Å². The summed E-state index contributed by atoms with van der Waals surface area (Å²) in [6.07, 6.45) is 0. The Kier molecular flexibility index (Phi) is 5.49. The molecule has 0 saturated heterocycles. The Labute approximate surface area is 138 Å². The van der Waals surface area contributed by atoms with Crippen molar-refractivity contribution < 1.29 is 9.18 Å². The van der Waals surface area contributed by atoms with Crippen LogP contribution in [-0.4, -0.2) is 11.5 Å². The molecule has 0 atom stereocenters. The Bertz CT molecular complexity index is 664. The summed E-state index contributed by atoms with van der Waals surface area (Å²) in [5, 5.41) is 0.484. The number of halogens is 4. The van der Waals surface area contributed by atoms with Crippen LogP contribution in [0.5, 0.6) is 0 Å². The third-order valence-electron chi connectivity index (χ3n) is 2.53. The fourth-order valence-corrected chi connectivity index (χ4v) is 3.12. The van der Waals surface area contributed by atoms with E-state index >= 15 is 0 Å². The molecule has 2 aromatic rings. The summed E-state index contributed by atoms with van der Waals surface area (Å²) in [5.41, 5.74) is -0.0160. The molecule has 0 fully saturated rings. The lowest BCUT2D eigenvalue weighted by Crippen LogP contribution is -2.06. The standard InChI is InChI=1S/C14H8BrCl2FOS/c15-9-6-5-8(14(18)13(9)17)11(19)7-20-12-4-2-1-3-10(12)16/h1-6H,7H2. The minimum atomic E-state index is -0.703. The summed E-state index contributed by atoms with van der Waals surface area (Å²) < 4.78 is 14.3. The minimum Gasteiger partial charge on any atom is -0.293 e. The van der Waals surface area contributed by atoms with Crippen molar-refractivity contribution in [3.63, 3.8) is 0 Å². The van der Waals surface area contributed by atoms with Crippen molar-refractivity contribution in [3.8, 4) is 0 Å². The lowest BCUT2D eigenvalue weighted by atomic mass is 10.1. The molecule has 0 bridgehead atoms. The predicted octanol–water partition coefficient (Wildman–Crippen LogP) is 5.87. The number of ketones is 1. The van der Waals surface area contributed by atoms with Gasteiger partial charge in [0.1, 0.15) is 0 Å². The van der Waals surface area contributed by atoms with Crippen LogP contribution in [0.1, 0.15) is 10.4 Å². The van der Waals surface area contributed by atoms with E-state index in [4.69, 9.17) is 23.2 Å². The Balaban J connectivity index is 2.14. The number of rotatable bonds is 4. The van der Waals surface area contributed by atoms with Crippen LogP contribution in [0.25, 0.3) is 0 Å². The summed E-state index contributed by atoms with van der Waals surface area (Å²) in [7, 11) is 0. The molecule has 0 aliphatic rings. The monoisotopic (exact) mass is 392 g/mol. The Morgan fingerprint density at radius 1 is 1.20 bits per heavy atom. The predicted molar refractivity (Wildman–Crippen MR) is 85.6 cm³/mol. The van der Waals surface area contributed by atoms with Crippen molar-refractivity contribution in [2.75, 3.05) is 5.75 Å². The fourth-order valence-electron chi connectivity index (χ4n) is 1.52. The largest absolute Gasteiger partial charge is 0.293 e. The molecule has 0 radical (unpaired) electrons. The van der Waals surface area contributed by atoms with Crippen LogP contribution < -0.4 is 0 Å². The number of benzene rings is 2. The van der Waals surface area contributed by atoms with Gasteiger partial charge in [0.2, 0.25) is 0 Å². The summed E-state index contributed by atoms with van der Waals surface area (Å²) in [6.45, 7) is 0. The molecule has 104 valence electrons. The van der Waals surface area contributed by atoms with Crippen LogP contribution in [0.4, 0.5) is 4.39 Å². The molecule has 0 amide bonds. The lowest BCUT2D eigenvalue weighted by Gasteiger charge is -2.06. The molecule has 0 spiro atoms. The van der Waals surface area contributed by atoms with Gasteiger partial charge in [0.05, 0.1) is 21.4 Å². The molecular weight excluding hydrogens is 386 g/mol. The highest BCUT2D eigenvalue weighted by Gasteiger charge is 2.17. The molecule has 0 aromatic heterocycles. The van der Waals surface area contributed by atoms with E-state index in [1.807, 2.05) is 18.2 Å². The molecule has 0 saturated carbocycles. The van der Waals surface area contributed by atoms with E-state index in [-0.39, 0.29) is 22.1 Å². The van der Waals surface area contributed by atoms with Crippen molar-refractivity contribution in [1.82, 2.24) is 0 Å². The van der Waals surface area contributed by atoms with Gasteiger partial charge >= 0.3 is 0 Å². The normalized spacial score (nSPS) is 10.6. The number of thioether (sulfide) groups is 1. The highest BCUT2D eigenvalue weighted by atomic mass is 79.9. The quantitative estimate of drug-likeness (QED) is 0.367. The van der Waals surface area contributed by atoms with Crippen molar-refractivity contribution in [1.29, 1.82) is 0 Å². The van der Waals surface area contributed by atoms with Gasteiger partial charge in [-0.1, -0.05) is 35.3 Å². The van der Waals surface area contributed by atoms with Gasteiger partial charge in [-0.2, -0.15) is 0 Å². The van der Waals surface area contributed by atoms with Gasteiger partial charge in [-0.3, -0.25) is 4.79 Å². The van der Waals surface area contributed by atoms with E-state index in [0.717, 1.165) is 4.90 Å². The zero-order valence-corrected chi connectivity index (χ0v) is 13.9. The first kappa shape index (κ1) is 15.8. The molecule has 20 heavy (non-hydrogen) atoms. The summed E-state index contributed by atoms with van der Waals surface area (Å²) in [4.78, 5) is 12.8. The average molecular weight is 394 g/mol. The zero-order valence-electron chi connectivity index (χ0n) is 10.00. The van der Waals surface area contributed by atoms with E-state index in [2.05, 4.69) is 15.9 Å². The van der Waals surface area contributed by atoms with E-state index in [0.29, 0.717) is 9.50 Å². The maximum absolute atomic E-state index is 13.9. The van der Waals surface area contributed by atoms with E-state index in [1.165, 1.54) is 17.8 Å². The van der Waals surface area contributed by atoms with Gasteiger partial charge < -0.3 is 0 Å². The Hall–Kier alpha value is -0.550. The Morgan fingerprint density at radius 3 is 2.60 bits per heavy atom. The molecule has 1 nitrogen and oxygen atoms in total.